The van der Waals surface area contributed by atoms with Crippen LogP contribution in [0.1, 0.15) is 20.3 Å². The number of likely N-dealkylation sites (N-methyl/N-ethyl adjacent to an activating group) is 1. The molecule has 0 saturated carbocycles. The predicted octanol–water partition coefficient (Wildman–Crippen LogP) is 2.10. The second-order valence-electron chi connectivity index (χ2n) is 3.93. The summed E-state index contributed by atoms with van der Waals surface area (Å²) >= 11 is 0. The van der Waals surface area contributed by atoms with Gasteiger partial charge in [-0.3, -0.25) is 4.90 Å². The minimum absolute atomic E-state index is 1.09. The first-order valence-corrected chi connectivity index (χ1v) is 5.47. The molecule has 2 heteroatoms. The molecule has 0 bridgehead atoms. The smallest absolute Gasteiger partial charge is 0.0250 e. The highest BCUT2D eigenvalue weighted by Crippen LogP contribution is 2.21. The highest BCUT2D eigenvalue weighted by atomic mass is 15.1. The lowest BCUT2D eigenvalue weighted by atomic mass is 10.2. The summed E-state index contributed by atoms with van der Waals surface area (Å²) in [5.74, 6) is 0. The van der Waals surface area contributed by atoms with E-state index >= 15 is 0 Å². The molecule has 1 rings (SSSR count). The van der Waals surface area contributed by atoms with Gasteiger partial charge in [-0.15, -0.1) is 0 Å². The largest absolute Gasteiger partial charge is 0.380 e. The molecule has 0 aromatic rings. The van der Waals surface area contributed by atoms with E-state index in [1.165, 1.54) is 11.3 Å². The van der Waals surface area contributed by atoms with Crippen LogP contribution in [-0.2, 0) is 0 Å². The van der Waals surface area contributed by atoms with Crippen LogP contribution < -0.4 is 0 Å². The second-order valence-corrected chi connectivity index (χ2v) is 3.93. The van der Waals surface area contributed by atoms with Gasteiger partial charge in [-0.2, -0.15) is 0 Å². The number of hydrogen-bond donors (Lipinski definition) is 0. The van der Waals surface area contributed by atoms with Crippen molar-refractivity contribution >= 4 is 0 Å². The lowest BCUT2D eigenvalue weighted by Crippen LogP contribution is -2.26. The van der Waals surface area contributed by atoms with Crippen molar-refractivity contribution < 1.29 is 0 Å². The van der Waals surface area contributed by atoms with Crippen LogP contribution in [0.2, 0.25) is 0 Å². The summed E-state index contributed by atoms with van der Waals surface area (Å²) in [6.07, 6.45) is 5.63. The molecular formula is C12H22N2. The zero-order valence-corrected chi connectivity index (χ0v) is 9.88. The Morgan fingerprint density at radius 3 is 2.36 bits per heavy atom. The van der Waals surface area contributed by atoms with Gasteiger partial charge in [-0.05, 0) is 18.7 Å². The Bertz CT molecular complexity index is 235. The van der Waals surface area contributed by atoms with Crippen LogP contribution in [-0.4, -0.2) is 43.5 Å². The van der Waals surface area contributed by atoms with E-state index in [-0.39, 0.29) is 0 Å². The molecule has 0 aromatic heterocycles. The molecule has 0 fully saturated rings. The summed E-state index contributed by atoms with van der Waals surface area (Å²) in [5, 5.41) is 0. The first-order chi connectivity index (χ1) is 6.69. The van der Waals surface area contributed by atoms with Gasteiger partial charge in [0.15, 0.2) is 0 Å². The SMILES string of the molecule is CCN(CC)CC1=C(N(C)C)CC=C1. The Hall–Kier alpha value is -0.760. The van der Waals surface area contributed by atoms with Crippen molar-refractivity contribution in [3.63, 3.8) is 0 Å². The van der Waals surface area contributed by atoms with Gasteiger partial charge >= 0.3 is 0 Å². The van der Waals surface area contributed by atoms with Gasteiger partial charge in [0.1, 0.15) is 0 Å². The summed E-state index contributed by atoms with van der Waals surface area (Å²) in [6.45, 7) is 7.80. The van der Waals surface area contributed by atoms with Gasteiger partial charge in [0.05, 0.1) is 0 Å². The first-order valence-electron chi connectivity index (χ1n) is 5.47. The topological polar surface area (TPSA) is 6.48 Å². The van der Waals surface area contributed by atoms with Gasteiger partial charge in [0, 0.05) is 32.8 Å². The molecule has 1 aliphatic carbocycles. The van der Waals surface area contributed by atoms with Crippen molar-refractivity contribution in [1.82, 2.24) is 9.80 Å². The average Bonchev–Trinajstić information content (AvgIpc) is 2.62. The van der Waals surface area contributed by atoms with E-state index < -0.39 is 0 Å². The third-order valence-electron chi connectivity index (χ3n) is 2.83. The third-order valence-corrected chi connectivity index (χ3v) is 2.83. The lowest BCUT2D eigenvalue weighted by Gasteiger charge is -2.22. The highest BCUT2D eigenvalue weighted by Gasteiger charge is 2.12. The molecule has 0 aromatic carbocycles. The van der Waals surface area contributed by atoms with Crippen molar-refractivity contribution in [3.8, 4) is 0 Å². The van der Waals surface area contributed by atoms with Gasteiger partial charge < -0.3 is 4.90 Å². The molecule has 80 valence electrons. The highest BCUT2D eigenvalue weighted by molar-refractivity contribution is 5.34. The standard InChI is InChI=1S/C12H22N2/c1-5-14(6-2)10-11-8-7-9-12(11)13(3)4/h7-8H,5-6,9-10H2,1-4H3. The fraction of sp³-hybridized carbons (Fsp3) is 0.667. The monoisotopic (exact) mass is 194 g/mol. The van der Waals surface area contributed by atoms with Crippen molar-refractivity contribution in [2.45, 2.75) is 20.3 Å². The number of rotatable bonds is 5. The molecule has 0 unspecified atom stereocenters. The van der Waals surface area contributed by atoms with Crippen LogP contribution in [0.4, 0.5) is 0 Å². The van der Waals surface area contributed by atoms with Crippen molar-refractivity contribution in [2.75, 3.05) is 33.7 Å². The van der Waals surface area contributed by atoms with E-state index in [4.69, 9.17) is 0 Å². The Morgan fingerprint density at radius 2 is 1.86 bits per heavy atom. The van der Waals surface area contributed by atoms with E-state index in [9.17, 15) is 0 Å². The van der Waals surface area contributed by atoms with Crippen molar-refractivity contribution in [1.29, 1.82) is 0 Å². The zero-order valence-electron chi connectivity index (χ0n) is 9.88. The quantitative estimate of drug-likeness (QED) is 0.661. The second kappa shape index (κ2) is 5.20. The van der Waals surface area contributed by atoms with Crippen LogP contribution in [0, 0.1) is 0 Å². The summed E-state index contributed by atoms with van der Waals surface area (Å²) in [4.78, 5) is 4.69. The summed E-state index contributed by atoms with van der Waals surface area (Å²) in [7, 11) is 4.26. The van der Waals surface area contributed by atoms with E-state index in [1.807, 2.05) is 0 Å². The number of nitrogens with zero attached hydrogens (tertiary/aromatic N) is 2. The maximum Gasteiger partial charge on any atom is 0.0250 e. The molecule has 0 amide bonds. The summed E-state index contributed by atoms with van der Waals surface area (Å²) in [6, 6.07) is 0. The number of hydrogen-bond acceptors (Lipinski definition) is 2. The summed E-state index contributed by atoms with van der Waals surface area (Å²) in [5.41, 5.74) is 2.95. The fourth-order valence-electron chi connectivity index (χ4n) is 1.84. The molecule has 1 aliphatic rings. The zero-order chi connectivity index (χ0) is 10.6. The van der Waals surface area contributed by atoms with E-state index in [1.54, 1.807) is 0 Å². The van der Waals surface area contributed by atoms with Crippen LogP contribution in [0.25, 0.3) is 0 Å². The Labute approximate surface area is 87.9 Å². The predicted molar refractivity (Wildman–Crippen MR) is 62.3 cm³/mol. The molecule has 0 spiro atoms. The Morgan fingerprint density at radius 1 is 1.21 bits per heavy atom. The molecule has 14 heavy (non-hydrogen) atoms. The molecule has 0 radical (unpaired) electrons. The molecule has 0 heterocycles. The van der Waals surface area contributed by atoms with Gasteiger partial charge in [-0.1, -0.05) is 26.0 Å². The van der Waals surface area contributed by atoms with Gasteiger partial charge in [0.2, 0.25) is 0 Å². The minimum atomic E-state index is 1.09. The fourth-order valence-corrected chi connectivity index (χ4v) is 1.84. The Kier molecular flexibility index (Phi) is 4.21. The van der Waals surface area contributed by atoms with Gasteiger partial charge in [0.25, 0.3) is 0 Å². The van der Waals surface area contributed by atoms with Crippen LogP contribution >= 0.6 is 0 Å². The average molecular weight is 194 g/mol. The third kappa shape index (κ3) is 2.61. The minimum Gasteiger partial charge on any atom is -0.380 e. The van der Waals surface area contributed by atoms with E-state index in [2.05, 4.69) is 49.9 Å². The lowest BCUT2D eigenvalue weighted by molar-refractivity contribution is 0.328. The first kappa shape index (κ1) is 11.3. The van der Waals surface area contributed by atoms with E-state index in [0.29, 0.717) is 0 Å². The van der Waals surface area contributed by atoms with E-state index in [0.717, 1.165) is 26.1 Å². The molecule has 0 saturated heterocycles. The molecule has 0 atom stereocenters. The molecule has 0 N–H and O–H groups in total. The molecule has 0 aliphatic heterocycles. The van der Waals surface area contributed by atoms with Crippen molar-refractivity contribution in [2.24, 2.45) is 0 Å². The van der Waals surface area contributed by atoms with Crippen molar-refractivity contribution in [3.05, 3.63) is 23.4 Å². The van der Waals surface area contributed by atoms with Crippen LogP contribution in [0.5, 0.6) is 0 Å². The van der Waals surface area contributed by atoms with Crippen LogP contribution in [0.15, 0.2) is 23.4 Å². The maximum atomic E-state index is 2.45. The molecular weight excluding hydrogens is 172 g/mol. The number of allylic oxidation sites excluding steroid dienone is 1. The van der Waals surface area contributed by atoms with Crippen LogP contribution in [0.3, 0.4) is 0 Å². The normalized spacial score (nSPS) is 15.8. The maximum absolute atomic E-state index is 2.45. The summed E-state index contributed by atoms with van der Waals surface area (Å²) < 4.78 is 0. The van der Waals surface area contributed by atoms with Gasteiger partial charge in [-0.25, -0.2) is 0 Å². The Balaban J connectivity index is 2.65. The molecule has 2 nitrogen and oxygen atoms in total.